The quantitative estimate of drug-likeness (QED) is 0.908. The summed E-state index contributed by atoms with van der Waals surface area (Å²) in [6.45, 7) is 1.59. The molecule has 0 spiro atoms. The highest BCUT2D eigenvalue weighted by Crippen LogP contribution is 2.38. The largest absolute Gasteiger partial charge is 0.368 e. The minimum atomic E-state index is -0.107. The van der Waals surface area contributed by atoms with Crippen LogP contribution in [0.3, 0.4) is 0 Å². The lowest BCUT2D eigenvalue weighted by Gasteiger charge is -2.40. The van der Waals surface area contributed by atoms with Gasteiger partial charge in [0, 0.05) is 13.0 Å². The first-order valence-corrected chi connectivity index (χ1v) is 9.83. The number of nitrogens with zero attached hydrogens (tertiary/aromatic N) is 2. The second kappa shape index (κ2) is 7.70. The van der Waals surface area contributed by atoms with Gasteiger partial charge in [0.05, 0.1) is 29.0 Å². The van der Waals surface area contributed by atoms with Crippen LogP contribution in [0.25, 0.3) is 11.0 Å². The Bertz CT molecular complexity index is 773. The van der Waals surface area contributed by atoms with Crippen molar-refractivity contribution in [1.82, 2.24) is 15.3 Å². The summed E-state index contributed by atoms with van der Waals surface area (Å²) in [6.07, 6.45) is 9.95. The molecule has 1 saturated carbocycles. The van der Waals surface area contributed by atoms with Crippen molar-refractivity contribution in [2.45, 2.75) is 70.1 Å². The van der Waals surface area contributed by atoms with Crippen LogP contribution in [0, 0.1) is 5.92 Å². The number of rotatable bonds is 3. The third-order valence-corrected chi connectivity index (χ3v) is 5.73. The first-order chi connectivity index (χ1) is 12.7. The lowest BCUT2D eigenvalue weighted by atomic mass is 9.81. The van der Waals surface area contributed by atoms with Gasteiger partial charge in [-0.05, 0) is 43.7 Å². The molecule has 4 rings (SSSR count). The summed E-state index contributed by atoms with van der Waals surface area (Å²) in [5.74, 6) is 0.624. The van der Waals surface area contributed by atoms with Gasteiger partial charge in [0.15, 0.2) is 0 Å². The predicted octanol–water partition coefficient (Wildman–Crippen LogP) is 3.93. The molecule has 0 unspecified atom stereocenters. The molecule has 138 valence electrons. The second-order valence-electron chi connectivity index (χ2n) is 7.71. The molecule has 5 nitrogen and oxygen atoms in total. The van der Waals surface area contributed by atoms with E-state index in [4.69, 9.17) is 9.72 Å². The fourth-order valence-electron chi connectivity index (χ4n) is 4.49. The van der Waals surface area contributed by atoms with Crippen molar-refractivity contribution >= 4 is 16.9 Å². The molecule has 5 heteroatoms. The Hall–Kier alpha value is -2.01. The van der Waals surface area contributed by atoms with Crippen molar-refractivity contribution in [2.75, 3.05) is 0 Å². The van der Waals surface area contributed by atoms with Crippen LogP contribution in [-0.2, 0) is 9.53 Å². The molecule has 2 heterocycles. The second-order valence-corrected chi connectivity index (χ2v) is 7.71. The van der Waals surface area contributed by atoms with Gasteiger partial charge in [-0.3, -0.25) is 9.78 Å². The third-order valence-electron chi connectivity index (χ3n) is 5.73. The molecule has 1 aliphatic heterocycles. The number of hydrogen-bond acceptors (Lipinski definition) is 4. The van der Waals surface area contributed by atoms with E-state index < -0.39 is 0 Å². The van der Waals surface area contributed by atoms with Crippen LogP contribution >= 0.6 is 0 Å². The third kappa shape index (κ3) is 3.88. The number of carbonyl (C=O) groups is 1. The molecule has 1 saturated heterocycles. The van der Waals surface area contributed by atoms with Crippen molar-refractivity contribution in [3.05, 3.63) is 36.2 Å². The van der Waals surface area contributed by atoms with Gasteiger partial charge in [0.1, 0.15) is 6.10 Å². The lowest BCUT2D eigenvalue weighted by Crippen LogP contribution is -2.45. The van der Waals surface area contributed by atoms with Crippen LogP contribution in [-0.4, -0.2) is 28.0 Å². The monoisotopic (exact) mass is 353 g/mol. The molecule has 2 aliphatic rings. The molecule has 2 aromatic rings. The van der Waals surface area contributed by atoms with Crippen LogP contribution in [0.4, 0.5) is 0 Å². The topological polar surface area (TPSA) is 64.1 Å². The summed E-state index contributed by atoms with van der Waals surface area (Å²) in [6, 6.07) is 8.05. The summed E-state index contributed by atoms with van der Waals surface area (Å²) in [7, 11) is 0. The van der Waals surface area contributed by atoms with E-state index in [-0.39, 0.29) is 24.2 Å². The van der Waals surface area contributed by atoms with Crippen LogP contribution < -0.4 is 5.32 Å². The van der Waals surface area contributed by atoms with E-state index >= 15 is 0 Å². The van der Waals surface area contributed by atoms with E-state index in [1.807, 2.05) is 30.5 Å². The van der Waals surface area contributed by atoms with Crippen LogP contribution in [0.15, 0.2) is 30.5 Å². The Morgan fingerprint density at radius 2 is 1.88 bits per heavy atom. The van der Waals surface area contributed by atoms with Gasteiger partial charge in [0.2, 0.25) is 5.91 Å². The molecular formula is C21H27N3O2. The van der Waals surface area contributed by atoms with E-state index in [9.17, 15) is 4.79 Å². The van der Waals surface area contributed by atoms with Crippen LogP contribution in [0.1, 0.15) is 63.7 Å². The fourth-order valence-corrected chi connectivity index (χ4v) is 4.49. The molecule has 3 atom stereocenters. The summed E-state index contributed by atoms with van der Waals surface area (Å²) in [5.41, 5.74) is 2.67. The van der Waals surface area contributed by atoms with Gasteiger partial charge in [-0.1, -0.05) is 31.4 Å². The number of fused-ring (bicyclic) bond motifs is 1. The molecule has 1 N–H and O–H groups in total. The zero-order valence-corrected chi connectivity index (χ0v) is 15.4. The van der Waals surface area contributed by atoms with Gasteiger partial charge in [-0.25, -0.2) is 4.98 Å². The van der Waals surface area contributed by atoms with Crippen molar-refractivity contribution in [3.63, 3.8) is 0 Å². The first-order valence-electron chi connectivity index (χ1n) is 9.83. The maximum atomic E-state index is 11.6. The van der Waals surface area contributed by atoms with E-state index in [0.717, 1.165) is 29.6 Å². The number of amides is 1. The lowest BCUT2D eigenvalue weighted by molar-refractivity contribution is -0.124. The van der Waals surface area contributed by atoms with Gasteiger partial charge < -0.3 is 10.1 Å². The average molecular weight is 353 g/mol. The van der Waals surface area contributed by atoms with Gasteiger partial charge in [-0.15, -0.1) is 0 Å². The molecule has 2 fully saturated rings. The summed E-state index contributed by atoms with van der Waals surface area (Å²) in [5, 5.41) is 3.12. The molecule has 26 heavy (non-hydrogen) atoms. The average Bonchev–Trinajstić information content (AvgIpc) is 2.67. The molecule has 1 amide bonds. The number of hydrogen-bond donors (Lipinski definition) is 1. The predicted molar refractivity (Wildman–Crippen MR) is 101 cm³/mol. The standard InChI is InChI=1S/C21H27N3O2/c1-14(25)23-16-11-20(15-7-3-2-4-8-15)26-21(12-16)19-13-22-17-9-5-6-10-18(17)24-19/h5-6,9-10,13,15-16,20-21H,2-4,7-8,11-12H2,1H3,(H,23,25)/t16-,20-,21+/m1/s1. The Morgan fingerprint density at radius 1 is 1.12 bits per heavy atom. The van der Waals surface area contributed by atoms with Crippen molar-refractivity contribution in [3.8, 4) is 0 Å². The molecular weight excluding hydrogens is 326 g/mol. The number of para-hydroxylation sites is 2. The van der Waals surface area contributed by atoms with E-state index in [1.165, 1.54) is 32.1 Å². The smallest absolute Gasteiger partial charge is 0.217 e. The first kappa shape index (κ1) is 17.4. The highest BCUT2D eigenvalue weighted by atomic mass is 16.5. The molecule has 1 aliphatic carbocycles. The minimum Gasteiger partial charge on any atom is -0.368 e. The molecule has 1 aromatic carbocycles. The van der Waals surface area contributed by atoms with Gasteiger partial charge in [0.25, 0.3) is 0 Å². The van der Waals surface area contributed by atoms with Gasteiger partial charge in [-0.2, -0.15) is 0 Å². The maximum Gasteiger partial charge on any atom is 0.217 e. The number of ether oxygens (including phenoxy) is 1. The highest BCUT2D eigenvalue weighted by Gasteiger charge is 2.36. The maximum absolute atomic E-state index is 11.6. The van der Waals surface area contributed by atoms with E-state index in [1.54, 1.807) is 6.92 Å². The molecule has 0 bridgehead atoms. The zero-order valence-electron chi connectivity index (χ0n) is 15.4. The van der Waals surface area contributed by atoms with Crippen molar-refractivity contribution < 1.29 is 9.53 Å². The number of nitrogens with one attached hydrogen (secondary N) is 1. The zero-order chi connectivity index (χ0) is 17.9. The summed E-state index contributed by atoms with van der Waals surface area (Å²) < 4.78 is 6.52. The molecule has 0 radical (unpaired) electrons. The van der Waals surface area contributed by atoms with E-state index in [2.05, 4.69) is 10.3 Å². The molecule has 1 aromatic heterocycles. The van der Waals surface area contributed by atoms with E-state index in [0.29, 0.717) is 5.92 Å². The summed E-state index contributed by atoms with van der Waals surface area (Å²) >= 11 is 0. The SMILES string of the molecule is CC(=O)N[C@H]1C[C@@H](c2cnc3ccccc3n2)O[C@@H](C2CCCCC2)C1. The Labute approximate surface area is 154 Å². The van der Waals surface area contributed by atoms with Crippen LogP contribution in [0.2, 0.25) is 0 Å². The number of benzene rings is 1. The van der Waals surface area contributed by atoms with Crippen molar-refractivity contribution in [1.29, 1.82) is 0 Å². The Balaban J connectivity index is 1.58. The normalized spacial score (nSPS) is 27.3. The fraction of sp³-hybridized carbons (Fsp3) is 0.571. The number of aromatic nitrogens is 2. The Kier molecular flexibility index (Phi) is 5.16. The number of carbonyl (C=O) groups excluding carboxylic acids is 1. The Morgan fingerprint density at radius 3 is 2.65 bits per heavy atom. The van der Waals surface area contributed by atoms with Crippen LogP contribution in [0.5, 0.6) is 0 Å². The van der Waals surface area contributed by atoms with Gasteiger partial charge >= 0.3 is 0 Å². The highest BCUT2D eigenvalue weighted by molar-refractivity contribution is 5.74. The summed E-state index contributed by atoms with van der Waals surface area (Å²) in [4.78, 5) is 21.0. The van der Waals surface area contributed by atoms with Crippen molar-refractivity contribution in [2.24, 2.45) is 5.92 Å². The minimum absolute atomic E-state index is 0.0302.